The molecule has 0 aliphatic rings. The van der Waals surface area contributed by atoms with Crippen LogP contribution in [0.15, 0.2) is 58.4 Å². The predicted molar refractivity (Wildman–Crippen MR) is 132 cm³/mol. The molecule has 1 unspecified atom stereocenters. The summed E-state index contributed by atoms with van der Waals surface area (Å²) in [5, 5.41) is 6.38. The van der Waals surface area contributed by atoms with Crippen molar-refractivity contribution in [3.05, 3.63) is 59.9 Å². The fourth-order valence-electron chi connectivity index (χ4n) is 2.61. The Morgan fingerprint density at radius 3 is 2.39 bits per heavy atom. The van der Waals surface area contributed by atoms with Gasteiger partial charge in [-0.3, -0.25) is 4.99 Å². The third kappa shape index (κ3) is 8.26. The monoisotopic (exact) mass is 564 g/mol. The summed E-state index contributed by atoms with van der Waals surface area (Å²) >= 11 is 0. The zero-order chi connectivity index (χ0) is 22.1. The van der Waals surface area contributed by atoms with Gasteiger partial charge in [-0.1, -0.05) is 25.1 Å². The summed E-state index contributed by atoms with van der Waals surface area (Å²) < 4.78 is 44.6. The average molecular weight is 564 g/mol. The zero-order valence-electron chi connectivity index (χ0n) is 18.1. The summed E-state index contributed by atoms with van der Waals surface area (Å²) in [4.78, 5) is 4.44. The first-order valence-electron chi connectivity index (χ1n) is 9.64. The number of halogens is 2. The quantitative estimate of drug-likeness (QED) is 0.278. The van der Waals surface area contributed by atoms with E-state index < -0.39 is 10.0 Å². The number of guanidine groups is 1. The Bertz CT molecular complexity index is 953. The molecular formula is C21H30FIN4O3S. The van der Waals surface area contributed by atoms with Crippen molar-refractivity contribution in [2.45, 2.75) is 30.9 Å². The van der Waals surface area contributed by atoms with Gasteiger partial charge in [0.15, 0.2) is 5.96 Å². The molecule has 2 aromatic rings. The molecule has 31 heavy (non-hydrogen) atoms. The molecule has 0 bridgehead atoms. The summed E-state index contributed by atoms with van der Waals surface area (Å²) in [6.45, 7) is 2.96. The molecule has 2 N–H and O–H groups in total. The Hall–Kier alpha value is -1.92. The number of hydrogen-bond donors (Lipinski definition) is 2. The van der Waals surface area contributed by atoms with Crippen LogP contribution in [0.2, 0.25) is 0 Å². The van der Waals surface area contributed by atoms with Crippen molar-refractivity contribution in [3.8, 4) is 5.75 Å². The lowest BCUT2D eigenvalue weighted by molar-refractivity contribution is 0.199. The van der Waals surface area contributed by atoms with Crippen molar-refractivity contribution in [1.82, 2.24) is 14.9 Å². The normalized spacial score (nSPS) is 12.8. The minimum absolute atomic E-state index is 0. The Kier molecular flexibility index (Phi) is 11.2. The molecular weight excluding hydrogens is 534 g/mol. The van der Waals surface area contributed by atoms with Crippen LogP contribution < -0.4 is 15.4 Å². The highest BCUT2D eigenvalue weighted by Gasteiger charge is 2.16. The van der Waals surface area contributed by atoms with Crippen LogP contribution in [-0.2, 0) is 16.6 Å². The van der Waals surface area contributed by atoms with E-state index in [0.717, 1.165) is 12.0 Å². The van der Waals surface area contributed by atoms with Gasteiger partial charge in [-0.25, -0.2) is 17.1 Å². The van der Waals surface area contributed by atoms with Gasteiger partial charge < -0.3 is 15.4 Å². The van der Waals surface area contributed by atoms with Crippen LogP contribution in [0.5, 0.6) is 5.75 Å². The van der Waals surface area contributed by atoms with E-state index in [-0.39, 0.29) is 40.8 Å². The summed E-state index contributed by atoms with van der Waals surface area (Å²) in [5.74, 6) is 0.734. The molecule has 10 heteroatoms. The number of ether oxygens (including phenoxy) is 1. The first kappa shape index (κ1) is 27.1. The van der Waals surface area contributed by atoms with Gasteiger partial charge >= 0.3 is 0 Å². The molecule has 2 aromatic carbocycles. The van der Waals surface area contributed by atoms with Gasteiger partial charge in [0.1, 0.15) is 17.7 Å². The number of sulfonamides is 1. The van der Waals surface area contributed by atoms with E-state index in [1.807, 2.05) is 6.92 Å². The van der Waals surface area contributed by atoms with E-state index in [1.54, 1.807) is 43.4 Å². The molecule has 2 rings (SSSR count). The zero-order valence-corrected chi connectivity index (χ0v) is 21.3. The van der Waals surface area contributed by atoms with Gasteiger partial charge in [0.2, 0.25) is 10.0 Å². The van der Waals surface area contributed by atoms with Gasteiger partial charge in [-0.2, -0.15) is 0 Å². The van der Waals surface area contributed by atoms with Crippen LogP contribution in [0.25, 0.3) is 0 Å². The van der Waals surface area contributed by atoms with Gasteiger partial charge in [0.25, 0.3) is 0 Å². The van der Waals surface area contributed by atoms with Crippen molar-refractivity contribution in [2.24, 2.45) is 4.99 Å². The first-order chi connectivity index (χ1) is 14.3. The number of aliphatic imine (C=N–C) groups is 1. The van der Waals surface area contributed by atoms with Gasteiger partial charge in [-0.05, 0) is 36.2 Å². The average Bonchev–Trinajstić information content (AvgIpc) is 2.73. The van der Waals surface area contributed by atoms with Crippen molar-refractivity contribution in [3.63, 3.8) is 0 Å². The van der Waals surface area contributed by atoms with E-state index in [0.29, 0.717) is 24.8 Å². The lowest BCUT2D eigenvalue weighted by Gasteiger charge is -2.20. The summed E-state index contributed by atoms with van der Waals surface area (Å²) in [7, 11) is 1.23. The Balaban J connectivity index is 0.00000480. The smallest absolute Gasteiger partial charge is 0.242 e. The standard InChI is InChI=1S/C21H29FN4O3S.HI/c1-5-18(29-19-8-6-7-17(22)13-19)15-25-21(23-2)24-14-16-9-11-20(12-10-16)30(27,28)26(3)4;/h6-13,18H,5,14-15H2,1-4H3,(H2,23,24,25);1H. The van der Waals surface area contributed by atoms with Crippen LogP contribution in [-0.4, -0.2) is 52.5 Å². The van der Waals surface area contributed by atoms with Crippen LogP contribution in [0, 0.1) is 5.82 Å². The van der Waals surface area contributed by atoms with Gasteiger partial charge in [0, 0.05) is 33.8 Å². The second-order valence-electron chi connectivity index (χ2n) is 6.84. The molecule has 0 aromatic heterocycles. The SMILES string of the molecule is CCC(CNC(=NC)NCc1ccc(S(=O)(=O)N(C)C)cc1)Oc1cccc(F)c1.I. The van der Waals surface area contributed by atoms with Crippen molar-refractivity contribution >= 4 is 40.0 Å². The Morgan fingerprint density at radius 2 is 1.84 bits per heavy atom. The van der Waals surface area contributed by atoms with E-state index in [1.165, 1.54) is 30.5 Å². The number of rotatable bonds is 9. The molecule has 0 amide bonds. The lowest BCUT2D eigenvalue weighted by atomic mass is 10.2. The minimum atomic E-state index is -3.44. The van der Waals surface area contributed by atoms with Gasteiger partial charge in [-0.15, -0.1) is 24.0 Å². The summed E-state index contributed by atoms with van der Waals surface area (Å²) in [6, 6.07) is 12.8. The lowest BCUT2D eigenvalue weighted by Crippen LogP contribution is -2.42. The topological polar surface area (TPSA) is 83.0 Å². The van der Waals surface area contributed by atoms with Crippen LogP contribution >= 0.6 is 24.0 Å². The Morgan fingerprint density at radius 1 is 1.16 bits per heavy atom. The fraction of sp³-hybridized carbons (Fsp3) is 0.381. The molecule has 0 aliphatic heterocycles. The third-order valence-electron chi connectivity index (χ3n) is 4.44. The number of nitrogens with zero attached hydrogens (tertiary/aromatic N) is 2. The summed E-state index contributed by atoms with van der Waals surface area (Å²) in [5.41, 5.74) is 0.915. The molecule has 0 radical (unpaired) electrons. The van der Waals surface area contributed by atoms with Crippen molar-refractivity contribution in [1.29, 1.82) is 0 Å². The molecule has 7 nitrogen and oxygen atoms in total. The molecule has 0 fully saturated rings. The molecule has 0 heterocycles. The number of benzene rings is 2. The van der Waals surface area contributed by atoms with E-state index in [9.17, 15) is 12.8 Å². The molecule has 0 saturated carbocycles. The highest BCUT2D eigenvalue weighted by Crippen LogP contribution is 2.15. The predicted octanol–water partition coefficient (Wildman–Crippen LogP) is 3.22. The fourth-order valence-corrected chi connectivity index (χ4v) is 3.51. The summed E-state index contributed by atoms with van der Waals surface area (Å²) in [6.07, 6.45) is 0.586. The second-order valence-corrected chi connectivity index (χ2v) is 9.00. The maximum atomic E-state index is 13.3. The minimum Gasteiger partial charge on any atom is -0.489 e. The molecule has 0 saturated heterocycles. The van der Waals surface area contributed by atoms with Crippen LogP contribution in [0.1, 0.15) is 18.9 Å². The van der Waals surface area contributed by atoms with Crippen LogP contribution in [0.4, 0.5) is 4.39 Å². The van der Waals surface area contributed by atoms with E-state index in [4.69, 9.17) is 4.74 Å². The van der Waals surface area contributed by atoms with Crippen LogP contribution in [0.3, 0.4) is 0 Å². The number of nitrogens with one attached hydrogen (secondary N) is 2. The first-order valence-corrected chi connectivity index (χ1v) is 11.1. The number of hydrogen-bond acceptors (Lipinski definition) is 4. The highest BCUT2D eigenvalue weighted by molar-refractivity contribution is 14.0. The molecule has 0 spiro atoms. The van der Waals surface area contributed by atoms with E-state index >= 15 is 0 Å². The maximum absolute atomic E-state index is 13.3. The van der Waals surface area contributed by atoms with Crippen molar-refractivity contribution in [2.75, 3.05) is 27.7 Å². The maximum Gasteiger partial charge on any atom is 0.242 e. The third-order valence-corrected chi connectivity index (χ3v) is 6.27. The van der Waals surface area contributed by atoms with E-state index in [2.05, 4.69) is 15.6 Å². The van der Waals surface area contributed by atoms with Crippen molar-refractivity contribution < 1.29 is 17.5 Å². The molecule has 0 aliphatic carbocycles. The Labute approximate surface area is 201 Å². The largest absolute Gasteiger partial charge is 0.489 e. The van der Waals surface area contributed by atoms with Gasteiger partial charge in [0.05, 0.1) is 11.4 Å². The molecule has 172 valence electrons. The molecule has 1 atom stereocenters. The highest BCUT2D eigenvalue weighted by atomic mass is 127. The second kappa shape index (κ2) is 12.8.